The van der Waals surface area contributed by atoms with E-state index in [9.17, 15) is 31.9 Å². The van der Waals surface area contributed by atoms with Crippen LogP contribution in [0.25, 0.3) is 16.9 Å². The molecule has 0 saturated heterocycles. The van der Waals surface area contributed by atoms with Gasteiger partial charge in [-0.1, -0.05) is 12.1 Å². The Labute approximate surface area is 196 Å². The Morgan fingerprint density at radius 1 is 0.914 bits per heavy atom. The van der Waals surface area contributed by atoms with Gasteiger partial charge >= 0.3 is 12.1 Å². The van der Waals surface area contributed by atoms with Crippen molar-refractivity contribution in [2.45, 2.75) is 19.7 Å². The molecule has 35 heavy (non-hydrogen) atoms. The Morgan fingerprint density at radius 3 is 2.26 bits per heavy atom. The van der Waals surface area contributed by atoms with Crippen molar-refractivity contribution in [2.75, 3.05) is 0 Å². The molecule has 1 N–H and O–H groups in total. The summed E-state index contributed by atoms with van der Waals surface area (Å²) in [5.41, 5.74) is -0.0364. The number of hydrogen-bond acceptors (Lipinski definition) is 2. The van der Waals surface area contributed by atoms with Crippen molar-refractivity contribution < 1.29 is 36.6 Å². The zero-order valence-electron chi connectivity index (χ0n) is 18.2. The van der Waals surface area contributed by atoms with Crippen molar-refractivity contribution in [3.05, 3.63) is 107 Å². The summed E-state index contributed by atoms with van der Waals surface area (Å²) in [6, 6.07) is 15.0. The summed E-state index contributed by atoms with van der Waals surface area (Å²) < 4.78 is 75.1. The van der Waals surface area contributed by atoms with Crippen LogP contribution in [-0.2, 0) is 12.8 Å². The molecule has 4 rings (SSSR count). The van der Waals surface area contributed by atoms with Crippen LogP contribution in [0.5, 0.6) is 5.75 Å². The van der Waals surface area contributed by atoms with Crippen molar-refractivity contribution in [3.63, 3.8) is 0 Å². The van der Waals surface area contributed by atoms with Gasteiger partial charge in [0.1, 0.15) is 24.0 Å². The third kappa shape index (κ3) is 5.18. The molecule has 3 aromatic carbocycles. The molecule has 1 heterocycles. The van der Waals surface area contributed by atoms with Gasteiger partial charge in [-0.3, -0.25) is 0 Å². The van der Waals surface area contributed by atoms with Crippen molar-refractivity contribution in [1.29, 1.82) is 0 Å². The number of halogens is 5. The molecule has 0 unspecified atom stereocenters. The number of benzene rings is 3. The largest absolute Gasteiger partial charge is 0.488 e. The predicted molar refractivity (Wildman–Crippen MR) is 119 cm³/mol. The summed E-state index contributed by atoms with van der Waals surface area (Å²) in [5.74, 6) is -2.29. The number of carbonyl (C=O) groups is 1. The lowest BCUT2D eigenvalue weighted by molar-refractivity contribution is -0.137. The molecule has 0 saturated carbocycles. The highest BCUT2D eigenvalue weighted by Crippen LogP contribution is 2.37. The first-order valence-electron chi connectivity index (χ1n) is 10.3. The van der Waals surface area contributed by atoms with Crippen LogP contribution in [0.1, 0.15) is 27.2 Å². The molecular formula is C26H18F5NO3. The van der Waals surface area contributed by atoms with Gasteiger partial charge in [-0.15, -0.1) is 0 Å². The molecule has 0 fully saturated rings. The van der Waals surface area contributed by atoms with Crippen LogP contribution in [-0.4, -0.2) is 15.6 Å². The highest BCUT2D eigenvalue weighted by molar-refractivity contribution is 5.89. The number of hydrogen-bond donors (Lipinski definition) is 1. The second-order valence-corrected chi connectivity index (χ2v) is 7.82. The third-order valence-corrected chi connectivity index (χ3v) is 5.35. The van der Waals surface area contributed by atoms with Crippen LogP contribution < -0.4 is 4.74 Å². The van der Waals surface area contributed by atoms with E-state index in [4.69, 9.17) is 4.74 Å². The number of alkyl halides is 3. The average molecular weight is 487 g/mol. The van der Waals surface area contributed by atoms with E-state index >= 15 is 0 Å². The molecule has 1 aromatic heterocycles. The standard InChI is InChI=1S/C26H18F5NO3/c1-15-2-8-23(32(15)21-11-17(25(33)34)10-18(12-21)26(29,30)31)22-13-20(28)7-9-24(22)35-14-16-3-5-19(27)6-4-16/h2-13H,14H2,1H3,(H,33,34). The van der Waals surface area contributed by atoms with E-state index in [0.717, 1.165) is 12.1 Å². The molecule has 9 heteroatoms. The number of rotatable bonds is 6. The number of nitrogens with zero attached hydrogens (tertiary/aromatic N) is 1. The second kappa shape index (κ2) is 9.25. The van der Waals surface area contributed by atoms with Gasteiger partial charge in [0.25, 0.3) is 0 Å². The molecule has 0 bridgehead atoms. The number of carboxylic acid groups (broad SMARTS) is 1. The SMILES string of the molecule is Cc1ccc(-c2cc(F)ccc2OCc2ccc(F)cc2)n1-c1cc(C(=O)O)cc(C(F)(F)F)c1. The van der Waals surface area contributed by atoms with Gasteiger partial charge in [-0.2, -0.15) is 13.2 Å². The van der Waals surface area contributed by atoms with E-state index in [1.807, 2.05) is 0 Å². The van der Waals surface area contributed by atoms with E-state index in [2.05, 4.69) is 0 Å². The summed E-state index contributed by atoms with van der Waals surface area (Å²) in [6.45, 7) is 1.66. The summed E-state index contributed by atoms with van der Waals surface area (Å²) in [6.07, 6.45) is -4.77. The molecule has 0 aliphatic carbocycles. The van der Waals surface area contributed by atoms with Gasteiger partial charge in [0.15, 0.2) is 0 Å². The average Bonchev–Trinajstić information content (AvgIpc) is 3.19. The molecule has 180 valence electrons. The minimum absolute atomic E-state index is 0.0331. The van der Waals surface area contributed by atoms with Crippen molar-refractivity contribution in [1.82, 2.24) is 4.57 Å². The van der Waals surface area contributed by atoms with Crippen LogP contribution in [0.4, 0.5) is 22.0 Å². The molecule has 0 aliphatic heterocycles. The predicted octanol–water partition coefficient (Wildman–Crippen LogP) is 7.03. The Bertz CT molecular complexity index is 1390. The molecule has 0 amide bonds. The van der Waals surface area contributed by atoms with Crippen molar-refractivity contribution >= 4 is 5.97 Å². The molecule has 0 spiro atoms. The lowest BCUT2D eigenvalue weighted by Gasteiger charge is -2.18. The Kier molecular flexibility index (Phi) is 6.34. The lowest BCUT2D eigenvalue weighted by atomic mass is 10.1. The van der Waals surface area contributed by atoms with Gasteiger partial charge in [0.05, 0.1) is 16.8 Å². The molecule has 4 aromatic rings. The topological polar surface area (TPSA) is 51.5 Å². The van der Waals surface area contributed by atoms with Gasteiger partial charge < -0.3 is 14.4 Å². The van der Waals surface area contributed by atoms with Crippen LogP contribution in [0, 0.1) is 18.6 Å². The van der Waals surface area contributed by atoms with E-state index in [0.29, 0.717) is 23.0 Å². The summed E-state index contributed by atoms with van der Waals surface area (Å²) in [4.78, 5) is 11.5. The van der Waals surface area contributed by atoms with E-state index < -0.39 is 34.9 Å². The van der Waals surface area contributed by atoms with E-state index in [-0.39, 0.29) is 23.6 Å². The smallest absolute Gasteiger partial charge is 0.416 e. The Morgan fingerprint density at radius 2 is 1.60 bits per heavy atom. The molecule has 0 radical (unpaired) electrons. The summed E-state index contributed by atoms with van der Waals surface area (Å²) in [7, 11) is 0. The highest BCUT2D eigenvalue weighted by Gasteiger charge is 2.32. The van der Waals surface area contributed by atoms with Crippen molar-refractivity contribution in [2.24, 2.45) is 0 Å². The third-order valence-electron chi connectivity index (χ3n) is 5.35. The normalized spacial score (nSPS) is 11.5. The number of ether oxygens (including phenoxy) is 1. The van der Waals surface area contributed by atoms with Crippen LogP contribution in [0.2, 0.25) is 0 Å². The van der Waals surface area contributed by atoms with Gasteiger partial charge in [0, 0.05) is 16.9 Å². The Balaban J connectivity index is 1.82. The lowest BCUT2D eigenvalue weighted by Crippen LogP contribution is -2.10. The highest BCUT2D eigenvalue weighted by atomic mass is 19.4. The first kappa shape index (κ1) is 24.0. The number of aromatic nitrogens is 1. The van der Waals surface area contributed by atoms with E-state index in [1.54, 1.807) is 19.1 Å². The fraction of sp³-hybridized carbons (Fsp3) is 0.115. The van der Waals surface area contributed by atoms with Crippen LogP contribution in [0.15, 0.2) is 72.8 Å². The number of carboxylic acids is 1. The maximum atomic E-state index is 14.2. The molecule has 0 aliphatic rings. The fourth-order valence-electron chi connectivity index (χ4n) is 3.69. The van der Waals surface area contributed by atoms with Crippen LogP contribution in [0.3, 0.4) is 0 Å². The zero-order chi connectivity index (χ0) is 25.3. The first-order chi connectivity index (χ1) is 16.5. The minimum atomic E-state index is -4.77. The quantitative estimate of drug-likeness (QED) is 0.297. The minimum Gasteiger partial charge on any atom is -0.488 e. The zero-order valence-corrected chi connectivity index (χ0v) is 18.2. The fourth-order valence-corrected chi connectivity index (χ4v) is 3.69. The maximum absolute atomic E-state index is 14.2. The van der Waals surface area contributed by atoms with E-state index in [1.165, 1.54) is 47.0 Å². The molecule has 4 nitrogen and oxygen atoms in total. The molecule has 0 atom stereocenters. The maximum Gasteiger partial charge on any atom is 0.416 e. The summed E-state index contributed by atoms with van der Waals surface area (Å²) >= 11 is 0. The second-order valence-electron chi connectivity index (χ2n) is 7.82. The Hall–Kier alpha value is -4.14. The van der Waals surface area contributed by atoms with Crippen LogP contribution >= 0.6 is 0 Å². The van der Waals surface area contributed by atoms with Crippen molar-refractivity contribution in [3.8, 4) is 22.7 Å². The first-order valence-corrected chi connectivity index (χ1v) is 10.3. The number of aryl methyl sites for hydroxylation is 1. The van der Waals surface area contributed by atoms with Gasteiger partial charge in [-0.05, 0) is 73.2 Å². The van der Waals surface area contributed by atoms with Gasteiger partial charge in [0.2, 0.25) is 0 Å². The monoisotopic (exact) mass is 487 g/mol. The number of aromatic carboxylic acids is 1. The molecular weight excluding hydrogens is 469 g/mol. The van der Waals surface area contributed by atoms with Gasteiger partial charge in [-0.25, -0.2) is 13.6 Å². The summed E-state index contributed by atoms with van der Waals surface area (Å²) in [5, 5.41) is 9.36.